The zero-order chi connectivity index (χ0) is 14.5. The Hall–Kier alpha value is -1.08. The van der Waals surface area contributed by atoms with Crippen LogP contribution in [0.4, 0.5) is 5.69 Å². The largest absolute Gasteiger partial charge is 0.492 e. The molecule has 1 amide bonds. The highest BCUT2D eigenvalue weighted by Crippen LogP contribution is 2.26. The van der Waals surface area contributed by atoms with Gasteiger partial charge in [0.1, 0.15) is 5.75 Å². The first kappa shape index (κ1) is 15.3. The summed E-state index contributed by atoms with van der Waals surface area (Å²) in [4.78, 5) is 12.3. The average molecular weight is 446 g/mol. The van der Waals surface area contributed by atoms with Crippen molar-refractivity contribution >= 4 is 50.1 Å². The van der Waals surface area contributed by atoms with E-state index in [2.05, 4.69) is 43.8 Å². The first-order valence-corrected chi connectivity index (χ1v) is 7.97. The normalized spacial score (nSPS) is 10.2. The zero-order valence-corrected chi connectivity index (χ0v) is 14.6. The Balaban J connectivity index is 2.26. The number of hydrogen-bond acceptors (Lipinski definition) is 2. The summed E-state index contributed by atoms with van der Waals surface area (Å²) in [5.74, 6) is 0.507. The fourth-order valence-electron chi connectivity index (χ4n) is 1.71. The van der Waals surface area contributed by atoms with Gasteiger partial charge in [0.25, 0.3) is 5.91 Å². The van der Waals surface area contributed by atoms with Crippen LogP contribution < -0.4 is 10.1 Å². The number of anilines is 1. The first-order valence-electron chi connectivity index (χ1n) is 6.10. The number of benzene rings is 2. The molecule has 0 aliphatic heterocycles. The lowest BCUT2D eigenvalue weighted by Gasteiger charge is -2.12. The third-order valence-corrected chi connectivity index (χ3v) is 3.97. The molecule has 20 heavy (non-hydrogen) atoms. The van der Waals surface area contributed by atoms with E-state index in [1.807, 2.05) is 49.4 Å². The van der Waals surface area contributed by atoms with Crippen molar-refractivity contribution in [3.8, 4) is 5.75 Å². The lowest BCUT2D eigenvalue weighted by atomic mass is 10.2. The minimum atomic E-state index is -0.164. The molecule has 2 aromatic rings. The maximum absolute atomic E-state index is 12.3. The SMILES string of the molecule is CCOc1ccccc1NC(=O)c1cc(I)ccc1Br. The molecule has 0 aliphatic rings. The van der Waals surface area contributed by atoms with Gasteiger partial charge in [-0.05, 0) is 75.8 Å². The van der Waals surface area contributed by atoms with Gasteiger partial charge in [-0.15, -0.1) is 0 Å². The van der Waals surface area contributed by atoms with Crippen LogP contribution in [0.15, 0.2) is 46.9 Å². The second kappa shape index (κ2) is 7.08. The summed E-state index contributed by atoms with van der Waals surface area (Å²) in [6, 6.07) is 13.0. The summed E-state index contributed by atoms with van der Waals surface area (Å²) < 4.78 is 7.28. The van der Waals surface area contributed by atoms with E-state index < -0.39 is 0 Å². The lowest BCUT2D eigenvalue weighted by Crippen LogP contribution is -2.13. The monoisotopic (exact) mass is 445 g/mol. The van der Waals surface area contributed by atoms with Crippen LogP contribution in [-0.4, -0.2) is 12.5 Å². The fourth-order valence-corrected chi connectivity index (χ4v) is 2.63. The van der Waals surface area contributed by atoms with Crippen molar-refractivity contribution in [3.05, 3.63) is 56.1 Å². The molecule has 104 valence electrons. The van der Waals surface area contributed by atoms with E-state index in [-0.39, 0.29) is 5.91 Å². The van der Waals surface area contributed by atoms with Crippen LogP contribution in [0.1, 0.15) is 17.3 Å². The van der Waals surface area contributed by atoms with Gasteiger partial charge in [-0.3, -0.25) is 4.79 Å². The van der Waals surface area contributed by atoms with E-state index >= 15 is 0 Å². The van der Waals surface area contributed by atoms with Crippen LogP contribution in [0.25, 0.3) is 0 Å². The maximum Gasteiger partial charge on any atom is 0.256 e. The van der Waals surface area contributed by atoms with Gasteiger partial charge in [0.15, 0.2) is 0 Å². The highest BCUT2D eigenvalue weighted by molar-refractivity contribution is 14.1. The van der Waals surface area contributed by atoms with Crippen molar-refractivity contribution in [1.29, 1.82) is 0 Å². The molecule has 0 spiro atoms. The predicted molar refractivity (Wildman–Crippen MR) is 92.4 cm³/mol. The number of hydrogen-bond donors (Lipinski definition) is 1. The van der Waals surface area contributed by atoms with E-state index in [4.69, 9.17) is 4.74 Å². The molecule has 0 heterocycles. The van der Waals surface area contributed by atoms with Crippen molar-refractivity contribution < 1.29 is 9.53 Å². The number of rotatable bonds is 4. The Bertz CT molecular complexity index is 631. The third-order valence-electron chi connectivity index (χ3n) is 2.61. The molecule has 5 heteroatoms. The average Bonchev–Trinajstić information content (AvgIpc) is 2.44. The number of amides is 1. The van der Waals surface area contributed by atoms with Crippen LogP contribution in [0.5, 0.6) is 5.75 Å². The zero-order valence-electron chi connectivity index (χ0n) is 10.8. The number of halogens is 2. The molecule has 0 fully saturated rings. The highest BCUT2D eigenvalue weighted by Gasteiger charge is 2.13. The summed E-state index contributed by atoms with van der Waals surface area (Å²) in [5, 5.41) is 2.88. The van der Waals surface area contributed by atoms with Crippen molar-refractivity contribution in [3.63, 3.8) is 0 Å². The van der Waals surface area contributed by atoms with Gasteiger partial charge in [-0.2, -0.15) is 0 Å². The molecular weight excluding hydrogens is 433 g/mol. The molecule has 3 nitrogen and oxygen atoms in total. The Labute approximate surface area is 140 Å². The second-order valence-corrected chi connectivity index (χ2v) is 6.11. The fraction of sp³-hybridized carbons (Fsp3) is 0.133. The Kier molecular flexibility index (Phi) is 5.42. The summed E-state index contributed by atoms with van der Waals surface area (Å²) >= 11 is 5.58. The molecule has 0 unspecified atom stereocenters. The molecule has 0 aromatic heterocycles. The molecule has 0 saturated carbocycles. The van der Waals surface area contributed by atoms with E-state index in [1.165, 1.54) is 0 Å². The van der Waals surface area contributed by atoms with Gasteiger partial charge >= 0.3 is 0 Å². The predicted octanol–water partition coefficient (Wildman–Crippen LogP) is 4.70. The highest BCUT2D eigenvalue weighted by atomic mass is 127. The van der Waals surface area contributed by atoms with Gasteiger partial charge in [-0.1, -0.05) is 12.1 Å². The van der Waals surface area contributed by atoms with Crippen molar-refractivity contribution in [1.82, 2.24) is 0 Å². The molecule has 0 radical (unpaired) electrons. The molecule has 0 atom stereocenters. The van der Waals surface area contributed by atoms with Crippen LogP contribution in [0.2, 0.25) is 0 Å². The van der Waals surface area contributed by atoms with Crippen LogP contribution >= 0.6 is 38.5 Å². The Morgan fingerprint density at radius 3 is 2.80 bits per heavy atom. The molecule has 2 rings (SSSR count). The van der Waals surface area contributed by atoms with Crippen molar-refractivity contribution in [2.24, 2.45) is 0 Å². The smallest absolute Gasteiger partial charge is 0.256 e. The topological polar surface area (TPSA) is 38.3 Å². The molecule has 0 bridgehead atoms. The van der Waals surface area contributed by atoms with Crippen LogP contribution in [-0.2, 0) is 0 Å². The molecule has 2 aromatic carbocycles. The number of ether oxygens (including phenoxy) is 1. The minimum absolute atomic E-state index is 0.164. The van der Waals surface area contributed by atoms with E-state index in [0.29, 0.717) is 23.6 Å². The van der Waals surface area contributed by atoms with Crippen molar-refractivity contribution in [2.45, 2.75) is 6.92 Å². The maximum atomic E-state index is 12.3. The summed E-state index contributed by atoms with van der Waals surface area (Å²) in [6.45, 7) is 2.47. The summed E-state index contributed by atoms with van der Waals surface area (Å²) in [7, 11) is 0. The first-order chi connectivity index (χ1) is 9.61. The summed E-state index contributed by atoms with van der Waals surface area (Å²) in [5.41, 5.74) is 1.27. The number of carbonyl (C=O) groups is 1. The summed E-state index contributed by atoms with van der Waals surface area (Å²) in [6.07, 6.45) is 0. The molecule has 0 saturated heterocycles. The molecule has 0 aliphatic carbocycles. The van der Waals surface area contributed by atoms with E-state index in [1.54, 1.807) is 0 Å². The number of carbonyl (C=O) groups excluding carboxylic acids is 1. The van der Waals surface area contributed by atoms with Crippen LogP contribution in [0.3, 0.4) is 0 Å². The quantitative estimate of drug-likeness (QED) is 0.692. The minimum Gasteiger partial charge on any atom is -0.492 e. The Morgan fingerprint density at radius 1 is 1.30 bits per heavy atom. The van der Waals surface area contributed by atoms with Gasteiger partial charge < -0.3 is 10.1 Å². The van der Waals surface area contributed by atoms with Gasteiger partial charge in [0, 0.05) is 8.04 Å². The second-order valence-electron chi connectivity index (χ2n) is 4.01. The van der Waals surface area contributed by atoms with E-state index in [0.717, 1.165) is 8.04 Å². The van der Waals surface area contributed by atoms with Crippen LogP contribution in [0, 0.1) is 3.57 Å². The molecule has 1 N–H and O–H groups in total. The number of nitrogens with one attached hydrogen (secondary N) is 1. The third kappa shape index (κ3) is 3.73. The van der Waals surface area contributed by atoms with E-state index in [9.17, 15) is 4.79 Å². The lowest BCUT2D eigenvalue weighted by molar-refractivity contribution is 0.102. The van der Waals surface area contributed by atoms with Gasteiger partial charge in [0.05, 0.1) is 17.9 Å². The van der Waals surface area contributed by atoms with Crippen molar-refractivity contribution in [2.75, 3.05) is 11.9 Å². The molecular formula is C15H13BrINO2. The number of para-hydroxylation sites is 2. The van der Waals surface area contributed by atoms with Gasteiger partial charge in [-0.25, -0.2) is 0 Å². The standard InChI is InChI=1S/C15H13BrINO2/c1-2-20-14-6-4-3-5-13(14)18-15(19)11-9-10(17)7-8-12(11)16/h3-9H,2H2,1H3,(H,18,19). The van der Waals surface area contributed by atoms with Gasteiger partial charge in [0.2, 0.25) is 0 Å². The Morgan fingerprint density at radius 2 is 2.05 bits per heavy atom.